The van der Waals surface area contributed by atoms with Crippen molar-refractivity contribution >= 4 is 5.97 Å². The molecule has 0 aromatic heterocycles. The van der Waals surface area contributed by atoms with E-state index in [1.807, 2.05) is 20.8 Å². The Morgan fingerprint density at radius 3 is 2.38 bits per heavy atom. The molecular formula is C17H28O4. The molecule has 0 heterocycles. The summed E-state index contributed by atoms with van der Waals surface area (Å²) in [4.78, 5) is 12.4. The van der Waals surface area contributed by atoms with Crippen LogP contribution in [0.4, 0.5) is 0 Å². The first-order valence-electron chi connectivity index (χ1n) is 8.31. The molecule has 0 amide bonds. The van der Waals surface area contributed by atoms with Gasteiger partial charge in [-0.1, -0.05) is 6.92 Å². The first kappa shape index (κ1) is 15.3. The van der Waals surface area contributed by atoms with Crippen LogP contribution in [-0.4, -0.2) is 33.5 Å². The zero-order chi connectivity index (χ0) is 15.5. The lowest BCUT2D eigenvalue weighted by atomic mass is 9.63. The highest BCUT2D eigenvalue weighted by molar-refractivity contribution is 5.76. The summed E-state index contributed by atoms with van der Waals surface area (Å²) in [6.07, 6.45) is 4.60. The molecule has 5 unspecified atom stereocenters. The van der Waals surface area contributed by atoms with Crippen molar-refractivity contribution in [2.75, 3.05) is 0 Å². The second kappa shape index (κ2) is 4.69. The van der Waals surface area contributed by atoms with Gasteiger partial charge in [-0.15, -0.1) is 0 Å². The van der Waals surface area contributed by atoms with E-state index in [0.717, 1.165) is 25.7 Å². The van der Waals surface area contributed by atoms with E-state index in [4.69, 9.17) is 4.74 Å². The zero-order valence-electron chi connectivity index (χ0n) is 13.4. The van der Waals surface area contributed by atoms with Crippen LogP contribution in [0.3, 0.4) is 0 Å². The van der Waals surface area contributed by atoms with Crippen LogP contribution in [0.5, 0.6) is 0 Å². The summed E-state index contributed by atoms with van der Waals surface area (Å²) in [7, 11) is 0. The molecule has 0 saturated heterocycles. The lowest BCUT2D eigenvalue weighted by molar-refractivity contribution is -0.165. The average molecular weight is 296 g/mol. The fourth-order valence-corrected chi connectivity index (χ4v) is 4.78. The molecule has 4 heteroatoms. The summed E-state index contributed by atoms with van der Waals surface area (Å²) in [5.41, 5.74) is -2.09. The highest BCUT2D eigenvalue weighted by Gasteiger charge is 2.57. The van der Waals surface area contributed by atoms with Crippen LogP contribution in [0, 0.1) is 17.3 Å². The number of esters is 1. The van der Waals surface area contributed by atoms with Crippen molar-refractivity contribution in [3.8, 4) is 0 Å². The van der Waals surface area contributed by atoms with Crippen LogP contribution in [0.2, 0.25) is 0 Å². The highest BCUT2D eigenvalue weighted by Crippen LogP contribution is 2.55. The quantitative estimate of drug-likeness (QED) is 0.785. The molecule has 0 spiro atoms. The Kier molecular flexibility index (Phi) is 3.42. The molecule has 4 nitrogen and oxygen atoms in total. The molecule has 0 aromatic rings. The Bertz CT molecular complexity index is 446. The van der Waals surface area contributed by atoms with Gasteiger partial charge in [0.05, 0.1) is 16.6 Å². The maximum absolute atomic E-state index is 12.4. The summed E-state index contributed by atoms with van der Waals surface area (Å²) < 4.78 is 5.81. The first-order valence-corrected chi connectivity index (χ1v) is 8.31. The molecule has 120 valence electrons. The number of carbonyl (C=O) groups excluding carboxylic acids is 1. The van der Waals surface area contributed by atoms with Crippen LogP contribution < -0.4 is 0 Å². The third-order valence-corrected chi connectivity index (χ3v) is 6.08. The molecule has 4 fully saturated rings. The molecule has 4 rings (SSSR count). The zero-order valence-corrected chi connectivity index (χ0v) is 13.4. The number of aliphatic hydroxyl groups is 2. The third-order valence-electron chi connectivity index (χ3n) is 6.08. The van der Waals surface area contributed by atoms with Gasteiger partial charge < -0.3 is 14.9 Å². The van der Waals surface area contributed by atoms with Crippen molar-refractivity contribution < 1.29 is 19.7 Å². The Balaban J connectivity index is 1.80. The van der Waals surface area contributed by atoms with Crippen molar-refractivity contribution in [1.29, 1.82) is 0 Å². The van der Waals surface area contributed by atoms with E-state index in [9.17, 15) is 15.0 Å². The lowest BCUT2D eigenvalue weighted by Crippen LogP contribution is -2.49. The number of fused-ring (bicyclic) bond motifs is 1. The van der Waals surface area contributed by atoms with Gasteiger partial charge in [0.2, 0.25) is 0 Å². The second-order valence-electron chi connectivity index (χ2n) is 8.48. The van der Waals surface area contributed by atoms with Gasteiger partial charge in [-0.2, -0.15) is 0 Å². The molecule has 2 N–H and O–H groups in total. The van der Waals surface area contributed by atoms with Gasteiger partial charge >= 0.3 is 5.97 Å². The number of hydrogen-bond donors (Lipinski definition) is 2. The number of hydrogen-bond acceptors (Lipinski definition) is 4. The van der Waals surface area contributed by atoms with Gasteiger partial charge in [-0.3, -0.25) is 4.79 Å². The Labute approximate surface area is 126 Å². The van der Waals surface area contributed by atoms with E-state index >= 15 is 0 Å². The highest BCUT2D eigenvalue weighted by atomic mass is 16.5. The van der Waals surface area contributed by atoms with Crippen molar-refractivity contribution in [1.82, 2.24) is 0 Å². The lowest BCUT2D eigenvalue weighted by Gasteiger charge is -2.47. The minimum atomic E-state index is -0.857. The van der Waals surface area contributed by atoms with Gasteiger partial charge in [0, 0.05) is 12.8 Å². The molecule has 5 atom stereocenters. The van der Waals surface area contributed by atoms with E-state index in [1.165, 1.54) is 0 Å². The normalized spacial score (nSPS) is 45.5. The third kappa shape index (κ3) is 2.72. The number of ether oxygens (including phenoxy) is 1. The van der Waals surface area contributed by atoms with Crippen molar-refractivity contribution in [3.05, 3.63) is 0 Å². The van der Waals surface area contributed by atoms with Crippen molar-refractivity contribution in [2.45, 2.75) is 83.0 Å². The van der Waals surface area contributed by atoms with Crippen LogP contribution >= 0.6 is 0 Å². The Morgan fingerprint density at radius 1 is 1.19 bits per heavy atom. The summed E-state index contributed by atoms with van der Waals surface area (Å²) in [6.45, 7) is 5.79. The van der Waals surface area contributed by atoms with Crippen LogP contribution in [0.1, 0.15) is 65.7 Å². The van der Waals surface area contributed by atoms with Crippen LogP contribution in [0.25, 0.3) is 0 Å². The molecule has 0 aromatic carbocycles. The summed E-state index contributed by atoms with van der Waals surface area (Å²) in [6, 6.07) is 0. The molecule has 4 bridgehead atoms. The van der Waals surface area contributed by atoms with E-state index < -0.39 is 16.6 Å². The minimum Gasteiger partial charge on any atom is -0.462 e. The monoisotopic (exact) mass is 296 g/mol. The predicted octanol–water partition coefficient (Wildman–Crippen LogP) is 2.41. The van der Waals surface area contributed by atoms with Crippen molar-refractivity contribution in [2.24, 2.45) is 17.3 Å². The van der Waals surface area contributed by atoms with Crippen LogP contribution in [0.15, 0.2) is 0 Å². The van der Waals surface area contributed by atoms with E-state index in [-0.39, 0.29) is 18.0 Å². The Morgan fingerprint density at radius 2 is 1.81 bits per heavy atom. The minimum absolute atomic E-state index is 0.174. The fraction of sp³-hybridized carbons (Fsp3) is 0.941. The van der Waals surface area contributed by atoms with E-state index in [2.05, 4.69) is 0 Å². The average Bonchev–Trinajstić information content (AvgIpc) is 2.47. The van der Waals surface area contributed by atoms with Gasteiger partial charge in [0.15, 0.2) is 0 Å². The van der Waals surface area contributed by atoms with Crippen molar-refractivity contribution in [3.63, 3.8) is 0 Å². The van der Waals surface area contributed by atoms with Gasteiger partial charge in [0.25, 0.3) is 0 Å². The molecule has 0 aliphatic heterocycles. The number of carbonyl (C=O) groups is 1. The SMILES string of the molecule is CCC(C)(C)C(=O)OC1CC2(O)CC3CC1CC(O)(C3)C2. The predicted molar refractivity (Wildman–Crippen MR) is 78.5 cm³/mol. The topological polar surface area (TPSA) is 66.8 Å². The Hall–Kier alpha value is -0.610. The summed E-state index contributed by atoms with van der Waals surface area (Å²) in [5, 5.41) is 21.5. The standard InChI is InChI=1S/C17H28O4/c1-4-15(2,3)14(18)21-13-9-17(20)7-11-5-12(13)8-16(19,6-11)10-17/h11-13,19-20H,4-10H2,1-3H3. The van der Waals surface area contributed by atoms with Gasteiger partial charge in [0.1, 0.15) is 6.10 Å². The molecule has 4 aliphatic carbocycles. The second-order valence-corrected chi connectivity index (χ2v) is 8.48. The number of rotatable bonds is 3. The molecule has 4 saturated carbocycles. The molecular weight excluding hydrogens is 268 g/mol. The maximum atomic E-state index is 12.4. The summed E-state index contributed by atoms with van der Waals surface area (Å²) >= 11 is 0. The van der Waals surface area contributed by atoms with E-state index in [0.29, 0.717) is 25.2 Å². The fourth-order valence-electron chi connectivity index (χ4n) is 4.78. The van der Waals surface area contributed by atoms with Gasteiger partial charge in [-0.05, 0) is 57.8 Å². The van der Waals surface area contributed by atoms with E-state index in [1.54, 1.807) is 0 Å². The largest absolute Gasteiger partial charge is 0.462 e. The van der Waals surface area contributed by atoms with Gasteiger partial charge in [-0.25, -0.2) is 0 Å². The molecule has 21 heavy (non-hydrogen) atoms. The molecule has 0 radical (unpaired) electrons. The maximum Gasteiger partial charge on any atom is 0.311 e. The van der Waals surface area contributed by atoms with Crippen LogP contribution in [-0.2, 0) is 9.53 Å². The first-order chi connectivity index (χ1) is 9.65. The summed E-state index contributed by atoms with van der Waals surface area (Å²) in [5.74, 6) is 0.393. The molecule has 4 aliphatic rings. The smallest absolute Gasteiger partial charge is 0.311 e.